The zero-order valence-corrected chi connectivity index (χ0v) is 20.5. The van der Waals surface area contributed by atoms with E-state index in [9.17, 15) is 9.59 Å². The van der Waals surface area contributed by atoms with Gasteiger partial charge in [-0.3, -0.25) is 4.79 Å². The van der Waals surface area contributed by atoms with Crippen LogP contribution in [0.15, 0.2) is 90.0 Å². The Labute approximate surface area is 214 Å². The number of amides is 1. The maximum absolute atomic E-state index is 12.5. The number of hydrogen-bond acceptors (Lipinski definition) is 7. The Morgan fingerprint density at radius 1 is 0.838 bits per heavy atom. The molecule has 4 aromatic rings. The van der Waals surface area contributed by atoms with Crippen LogP contribution in [-0.4, -0.2) is 38.4 Å². The highest BCUT2D eigenvalue weighted by atomic mass is 16.6. The van der Waals surface area contributed by atoms with Gasteiger partial charge in [0.1, 0.15) is 11.5 Å². The first-order valence-corrected chi connectivity index (χ1v) is 11.6. The summed E-state index contributed by atoms with van der Waals surface area (Å²) in [6.07, 6.45) is 1.46. The van der Waals surface area contributed by atoms with Crippen molar-refractivity contribution in [3.63, 3.8) is 0 Å². The van der Waals surface area contributed by atoms with E-state index >= 15 is 0 Å². The van der Waals surface area contributed by atoms with Gasteiger partial charge in [0.15, 0.2) is 18.1 Å². The van der Waals surface area contributed by atoms with E-state index < -0.39 is 11.9 Å². The number of nitrogens with one attached hydrogen (secondary N) is 1. The molecule has 4 aromatic carbocycles. The van der Waals surface area contributed by atoms with E-state index in [1.165, 1.54) is 6.21 Å². The van der Waals surface area contributed by atoms with Gasteiger partial charge < -0.3 is 18.9 Å². The molecule has 8 nitrogen and oxygen atoms in total. The Balaban J connectivity index is 1.33. The first-order valence-electron chi connectivity index (χ1n) is 11.6. The minimum absolute atomic E-state index is 0.180. The second-order valence-electron chi connectivity index (χ2n) is 7.85. The molecule has 0 heterocycles. The van der Waals surface area contributed by atoms with Gasteiger partial charge in [-0.15, -0.1) is 0 Å². The van der Waals surface area contributed by atoms with Crippen LogP contribution < -0.4 is 24.4 Å². The van der Waals surface area contributed by atoms with E-state index in [1.54, 1.807) is 49.6 Å². The normalized spacial score (nSPS) is 10.8. The summed E-state index contributed by atoms with van der Waals surface area (Å²) in [6, 6.07) is 25.1. The van der Waals surface area contributed by atoms with Gasteiger partial charge in [-0.05, 0) is 77.9 Å². The summed E-state index contributed by atoms with van der Waals surface area (Å²) in [5.74, 6) is 0.955. The lowest BCUT2D eigenvalue weighted by atomic mass is 10.1. The van der Waals surface area contributed by atoms with E-state index in [0.29, 0.717) is 35.0 Å². The molecule has 0 aliphatic carbocycles. The number of nitrogens with zero attached hydrogens (tertiary/aromatic N) is 1. The first-order chi connectivity index (χ1) is 18.1. The van der Waals surface area contributed by atoms with Crippen molar-refractivity contribution < 1.29 is 28.5 Å². The molecule has 188 valence electrons. The van der Waals surface area contributed by atoms with E-state index in [-0.39, 0.29) is 12.4 Å². The maximum atomic E-state index is 12.5. The monoisotopic (exact) mass is 498 g/mol. The highest BCUT2D eigenvalue weighted by Crippen LogP contribution is 2.29. The highest BCUT2D eigenvalue weighted by molar-refractivity contribution is 5.92. The highest BCUT2D eigenvalue weighted by Gasteiger charge is 2.13. The summed E-state index contributed by atoms with van der Waals surface area (Å²) < 4.78 is 21.8. The van der Waals surface area contributed by atoms with Gasteiger partial charge in [-0.25, -0.2) is 10.2 Å². The second kappa shape index (κ2) is 12.2. The zero-order chi connectivity index (χ0) is 26.0. The van der Waals surface area contributed by atoms with Crippen LogP contribution in [0.3, 0.4) is 0 Å². The third kappa shape index (κ3) is 6.85. The number of fused-ring (bicyclic) bond motifs is 1. The minimum Gasteiger partial charge on any atom is -0.497 e. The maximum Gasteiger partial charge on any atom is 0.343 e. The summed E-state index contributed by atoms with van der Waals surface area (Å²) in [5.41, 5.74) is 3.46. The third-order valence-electron chi connectivity index (χ3n) is 5.29. The molecule has 0 unspecified atom stereocenters. The van der Waals surface area contributed by atoms with Crippen LogP contribution in [0.2, 0.25) is 0 Å². The van der Waals surface area contributed by atoms with Crippen molar-refractivity contribution >= 4 is 28.9 Å². The fraction of sp³-hybridized carbons (Fsp3) is 0.138. The molecule has 0 radical (unpaired) electrons. The van der Waals surface area contributed by atoms with Crippen molar-refractivity contribution in [3.8, 4) is 23.0 Å². The molecule has 0 saturated carbocycles. The fourth-order valence-corrected chi connectivity index (χ4v) is 3.46. The van der Waals surface area contributed by atoms with Crippen molar-refractivity contribution in [2.75, 3.05) is 20.3 Å². The van der Waals surface area contributed by atoms with Crippen LogP contribution >= 0.6 is 0 Å². The summed E-state index contributed by atoms with van der Waals surface area (Å²) in [5, 5.41) is 6.10. The molecule has 0 aliphatic heterocycles. The second-order valence-corrected chi connectivity index (χ2v) is 7.85. The lowest BCUT2D eigenvalue weighted by Gasteiger charge is -2.11. The molecule has 0 aromatic heterocycles. The van der Waals surface area contributed by atoms with Crippen LogP contribution in [0.5, 0.6) is 23.0 Å². The number of methoxy groups -OCH3 is 1. The number of carbonyl (C=O) groups is 2. The van der Waals surface area contributed by atoms with Crippen LogP contribution in [0.25, 0.3) is 10.8 Å². The lowest BCUT2D eigenvalue weighted by Crippen LogP contribution is -2.24. The summed E-state index contributed by atoms with van der Waals surface area (Å²) in [7, 11) is 1.55. The molecule has 1 amide bonds. The fourth-order valence-electron chi connectivity index (χ4n) is 3.46. The standard InChI is InChI=1S/C29H26N2O6/c1-3-35-27-16-20(8-15-26(27)37-29(33)22-10-12-24(34-2)13-11-22)18-30-31-28(32)19-36-25-14-9-21-6-4-5-7-23(21)17-25/h4-18H,3,19H2,1-2H3,(H,31,32)/b30-18+. The molecule has 0 saturated heterocycles. The molecule has 0 fully saturated rings. The number of esters is 1. The molecule has 0 bridgehead atoms. The average Bonchev–Trinajstić information content (AvgIpc) is 2.93. The smallest absolute Gasteiger partial charge is 0.343 e. The summed E-state index contributed by atoms with van der Waals surface area (Å²) >= 11 is 0. The largest absolute Gasteiger partial charge is 0.497 e. The Morgan fingerprint density at radius 2 is 1.59 bits per heavy atom. The van der Waals surface area contributed by atoms with Gasteiger partial charge in [0, 0.05) is 0 Å². The quantitative estimate of drug-likeness (QED) is 0.143. The third-order valence-corrected chi connectivity index (χ3v) is 5.29. The summed E-state index contributed by atoms with van der Waals surface area (Å²) in [6.45, 7) is 2.02. The number of benzene rings is 4. The number of ether oxygens (including phenoxy) is 4. The molecule has 8 heteroatoms. The van der Waals surface area contributed by atoms with E-state index in [4.69, 9.17) is 18.9 Å². The molecule has 37 heavy (non-hydrogen) atoms. The molecular weight excluding hydrogens is 472 g/mol. The molecule has 0 aliphatic rings. The van der Waals surface area contributed by atoms with Crippen molar-refractivity contribution in [3.05, 3.63) is 96.1 Å². The Hall–Kier alpha value is -4.85. The topological polar surface area (TPSA) is 95.5 Å². The first kappa shape index (κ1) is 25.2. The van der Waals surface area contributed by atoms with Crippen LogP contribution in [0, 0.1) is 0 Å². The van der Waals surface area contributed by atoms with Crippen molar-refractivity contribution in [2.24, 2.45) is 5.10 Å². The SMILES string of the molecule is CCOc1cc(/C=N/NC(=O)COc2ccc3ccccc3c2)ccc1OC(=O)c1ccc(OC)cc1. The Kier molecular flexibility index (Phi) is 8.33. The molecule has 4 rings (SSSR count). The Bertz CT molecular complexity index is 1420. The van der Waals surface area contributed by atoms with Gasteiger partial charge in [0.2, 0.25) is 0 Å². The van der Waals surface area contributed by atoms with Crippen molar-refractivity contribution in [1.29, 1.82) is 0 Å². The average molecular weight is 499 g/mol. The van der Waals surface area contributed by atoms with Gasteiger partial charge in [0.05, 0.1) is 25.5 Å². The van der Waals surface area contributed by atoms with Crippen molar-refractivity contribution in [2.45, 2.75) is 6.92 Å². The minimum atomic E-state index is -0.524. The van der Waals surface area contributed by atoms with Crippen LogP contribution in [0.4, 0.5) is 0 Å². The molecule has 1 N–H and O–H groups in total. The number of hydrogen-bond donors (Lipinski definition) is 1. The molecule has 0 atom stereocenters. The Morgan fingerprint density at radius 3 is 2.35 bits per heavy atom. The predicted molar refractivity (Wildman–Crippen MR) is 141 cm³/mol. The van der Waals surface area contributed by atoms with E-state index in [1.807, 2.05) is 49.4 Å². The number of carbonyl (C=O) groups excluding carboxylic acids is 2. The van der Waals surface area contributed by atoms with Gasteiger partial charge in [-0.2, -0.15) is 5.10 Å². The van der Waals surface area contributed by atoms with Gasteiger partial charge in [-0.1, -0.05) is 30.3 Å². The summed E-state index contributed by atoms with van der Waals surface area (Å²) in [4.78, 5) is 24.7. The van der Waals surface area contributed by atoms with Gasteiger partial charge >= 0.3 is 5.97 Å². The van der Waals surface area contributed by atoms with E-state index in [0.717, 1.165) is 10.8 Å². The predicted octanol–water partition coefficient (Wildman–Crippen LogP) is 5.00. The number of hydrazone groups is 1. The number of rotatable bonds is 10. The van der Waals surface area contributed by atoms with Crippen molar-refractivity contribution in [1.82, 2.24) is 5.43 Å². The van der Waals surface area contributed by atoms with Gasteiger partial charge in [0.25, 0.3) is 5.91 Å². The zero-order valence-electron chi connectivity index (χ0n) is 20.5. The van der Waals surface area contributed by atoms with Crippen LogP contribution in [-0.2, 0) is 4.79 Å². The lowest BCUT2D eigenvalue weighted by molar-refractivity contribution is -0.123. The van der Waals surface area contributed by atoms with E-state index in [2.05, 4.69) is 10.5 Å². The molecular formula is C29H26N2O6. The molecule has 0 spiro atoms. The van der Waals surface area contributed by atoms with Crippen LogP contribution in [0.1, 0.15) is 22.8 Å².